The molecule has 0 saturated carbocycles. The molecule has 6 heteroatoms. The molecule has 1 aromatic rings. The van der Waals surface area contributed by atoms with Gasteiger partial charge in [-0.2, -0.15) is 4.98 Å². The fourth-order valence-electron chi connectivity index (χ4n) is 2.57. The maximum atomic E-state index is 5.73. The summed E-state index contributed by atoms with van der Waals surface area (Å²) in [6.45, 7) is 4.88. The van der Waals surface area contributed by atoms with Gasteiger partial charge in [0, 0.05) is 39.2 Å². The zero-order valence-electron chi connectivity index (χ0n) is 10.7. The summed E-state index contributed by atoms with van der Waals surface area (Å²) >= 11 is 0. The summed E-state index contributed by atoms with van der Waals surface area (Å²) in [6.07, 6.45) is 4.79. The number of aromatic nitrogens is 3. The van der Waals surface area contributed by atoms with Crippen LogP contribution in [-0.2, 0) is 11.2 Å². The summed E-state index contributed by atoms with van der Waals surface area (Å²) in [5, 5.41) is 10.7. The molecular formula is C12H21N5O. The highest BCUT2D eigenvalue weighted by Gasteiger charge is 2.19. The molecule has 0 spiro atoms. The van der Waals surface area contributed by atoms with Gasteiger partial charge in [-0.15, -0.1) is 5.10 Å². The van der Waals surface area contributed by atoms with Gasteiger partial charge in [-0.1, -0.05) is 0 Å². The molecule has 2 aliphatic heterocycles. The molecule has 1 unspecified atom stereocenters. The van der Waals surface area contributed by atoms with Crippen LogP contribution in [0.15, 0.2) is 0 Å². The van der Waals surface area contributed by atoms with E-state index < -0.39 is 0 Å². The zero-order chi connectivity index (χ0) is 12.2. The SMILES string of the molecule is C1CCC(Cc2nc(N3CCNCC3)n[nH]2)OC1. The van der Waals surface area contributed by atoms with Gasteiger partial charge in [-0.25, -0.2) is 0 Å². The summed E-state index contributed by atoms with van der Waals surface area (Å²) in [5.74, 6) is 1.79. The normalized spacial score (nSPS) is 25.3. The number of rotatable bonds is 3. The largest absolute Gasteiger partial charge is 0.378 e. The molecule has 1 aromatic heterocycles. The molecule has 1 atom stereocenters. The summed E-state index contributed by atoms with van der Waals surface area (Å²) in [5.41, 5.74) is 0. The van der Waals surface area contributed by atoms with E-state index in [1.807, 2.05) is 0 Å². The van der Waals surface area contributed by atoms with E-state index in [1.165, 1.54) is 12.8 Å². The Bertz CT molecular complexity index is 368. The van der Waals surface area contributed by atoms with Gasteiger partial charge in [-0.05, 0) is 19.3 Å². The Morgan fingerprint density at radius 3 is 2.94 bits per heavy atom. The Labute approximate surface area is 107 Å². The van der Waals surface area contributed by atoms with Gasteiger partial charge in [-0.3, -0.25) is 5.10 Å². The first kappa shape index (κ1) is 11.9. The highest BCUT2D eigenvalue weighted by atomic mass is 16.5. The van der Waals surface area contributed by atoms with E-state index in [0.29, 0.717) is 6.10 Å². The highest BCUT2D eigenvalue weighted by molar-refractivity contribution is 5.29. The number of nitrogens with zero attached hydrogens (tertiary/aromatic N) is 3. The third-order valence-electron chi connectivity index (χ3n) is 3.61. The Balaban J connectivity index is 1.58. The van der Waals surface area contributed by atoms with Gasteiger partial charge >= 0.3 is 0 Å². The number of aromatic amines is 1. The number of anilines is 1. The quantitative estimate of drug-likeness (QED) is 0.810. The van der Waals surface area contributed by atoms with E-state index in [1.54, 1.807) is 0 Å². The van der Waals surface area contributed by atoms with Crippen LogP contribution >= 0.6 is 0 Å². The van der Waals surface area contributed by atoms with Gasteiger partial charge in [0.05, 0.1) is 6.10 Å². The van der Waals surface area contributed by atoms with Crippen molar-refractivity contribution in [2.45, 2.75) is 31.8 Å². The van der Waals surface area contributed by atoms with E-state index in [0.717, 1.165) is 57.4 Å². The summed E-state index contributed by atoms with van der Waals surface area (Å²) in [7, 11) is 0. The first-order chi connectivity index (χ1) is 8.92. The molecule has 0 amide bonds. The number of piperazine rings is 1. The lowest BCUT2D eigenvalue weighted by atomic mass is 10.1. The van der Waals surface area contributed by atoms with Crippen molar-refractivity contribution in [1.29, 1.82) is 0 Å². The van der Waals surface area contributed by atoms with Crippen LogP contribution in [0.1, 0.15) is 25.1 Å². The van der Waals surface area contributed by atoms with E-state index in [2.05, 4.69) is 25.4 Å². The van der Waals surface area contributed by atoms with Crippen molar-refractivity contribution < 1.29 is 4.74 Å². The molecule has 2 saturated heterocycles. The standard InChI is InChI=1S/C12H21N5O/c1-2-8-18-10(3-1)9-11-14-12(16-15-11)17-6-4-13-5-7-17/h10,13H,1-9H2,(H,14,15,16). The molecule has 0 aliphatic carbocycles. The summed E-state index contributed by atoms with van der Waals surface area (Å²) in [4.78, 5) is 6.80. The van der Waals surface area contributed by atoms with Crippen molar-refractivity contribution in [2.75, 3.05) is 37.7 Å². The lowest BCUT2D eigenvalue weighted by Crippen LogP contribution is -2.44. The number of nitrogens with one attached hydrogen (secondary N) is 2. The second-order valence-electron chi connectivity index (χ2n) is 5.01. The van der Waals surface area contributed by atoms with Gasteiger partial charge in [0.25, 0.3) is 0 Å². The van der Waals surface area contributed by atoms with Gasteiger partial charge in [0.2, 0.25) is 5.95 Å². The van der Waals surface area contributed by atoms with Crippen LogP contribution in [0.5, 0.6) is 0 Å². The summed E-state index contributed by atoms with van der Waals surface area (Å²) < 4.78 is 5.73. The number of hydrogen-bond donors (Lipinski definition) is 2. The highest BCUT2D eigenvalue weighted by Crippen LogP contribution is 2.16. The smallest absolute Gasteiger partial charge is 0.244 e. The summed E-state index contributed by atoms with van der Waals surface area (Å²) in [6, 6.07) is 0. The average molecular weight is 251 g/mol. The topological polar surface area (TPSA) is 66.1 Å². The maximum absolute atomic E-state index is 5.73. The van der Waals surface area contributed by atoms with Crippen LogP contribution in [0.3, 0.4) is 0 Å². The van der Waals surface area contributed by atoms with Gasteiger partial charge < -0.3 is 15.0 Å². The Hall–Kier alpha value is -1.14. The van der Waals surface area contributed by atoms with Crippen molar-refractivity contribution in [3.05, 3.63) is 5.82 Å². The molecule has 100 valence electrons. The Morgan fingerprint density at radius 2 is 2.17 bits per heavy atom. The van der Waals surface area contributed by atoms with Crippen LogP contribution < -0.4 is 10.2 Å². The minimum atomic E-state index is 0.322. The average Bonchev–Trinajstić information content (AvgIpc) is 2.89. The number of ether oxygens (including phenoxy) is 1. The lowest BCUT2D eigenvalue weighted by Gasteiger charge is -2.25. The van der Waals surface area contributed by atoms with Gasteiger partial charge in [0.15, 0.2) is 0 Å². The molecule has 2 N–H and O–H groups in total. The maximum Gasteiger partial charge on any atom is 0.244 e. The third kappa shape index (κ3) is 2.81. The minimum absolute atomic E-state index is 0.322. The van der Waals surface area contributed by atoms with Crippen molar-refractivity contribution >= 4 is 5.95 Å². The zero-order valence-corrected chi connectivity index (χ0v) is 10.7. The lowest BCUT2D eigenvalue weighted by molar-refractivity contribution is 0.0157. The number of hydrogen-bond acceptors (Lipinski definition) is 5. The molecule has 3 rings (SSSR count). The second kappa shape index (κ2) is 5.67. The fourth-order valence-corrected chi connectivity index (χ4v) is 2.57. The van der Waals surface area contributed by atoms with Crippen LogP contribution in [-0.4, -0.2) is 54.1 Å². The fraction of sp³-hybridized carbons (Fsp3) is 0.833. The molecule has 0 radical (unpaired) electrons. The molecule has 6 nitrogen and oxygen atoms in total. The Kier molecular flexibility index (Phi) is 3.75. The van der Waals surface area contributed by atoms with Crippen molar-refractivity contribution in [2.24, 2.45) is 0 Å². The first-order valence-corrected chi connectivity index (χ1v) is 6.90. The number of H-pyrrole nitrogens is 1. The molecular weight excluding hydrogens is 230 g/mol. The first-order valence-electron chi connectivity index (χ1n) is 6.90. The van der Waals surface area contributed by atoms with E-state index in [9.17, 15) is 0 Å². The van der Waals surface area contributed by atoms with E-state index in [4.69, 9.17) is 4.74 Å². The molecule has 0 bridgehead atoms. The van der Waals surface area contributed by atoms with Crippen LogP contribution in [0.4, 0.5) is 5.95 Å². The molecule has 2 aliphatic rings. The van der Waals surface area contributed by atoms with Crippen molar-refractivity contribution in [3.63, 3.8) is 0 Å². The molecule has 3 heterocycles. The monoisotopic (exact) mass is 251 g/mol. The predicted molar refractivity (Wildman–Crippen MR) is 68.8 cm³/mol. The second-order valence-corrected chi connectivity index (χ2v) is 5.01. The van der Waals surface area contributed by atoms with E-state index in [-0.39, 0.29) is 0 Å². The van der Waals surface area contributed by atoms with Crippen LogP contribution in [0.25, 0.3) is 0 Å². The minimum Gasteiger partial charge on any atom is -0.378 e. The molecule has 2 fully saturated rings. The van der Waals surface area contributed by atoms with E-state index >= 15 is 0 Å². The van der Waals surface area contributed by atoms with Crippen LogP contribution in [0.2, 0.25) is 0 Å². The van der Waals surface area contributed by atoms with Crippen LogP contribution in [0, 0.1) is 0 Å². The Morgan fingerprint density at radius 1 is 1.28 bits per heavy atom. The van der Waals surface area contributed by atoms with Crippen molar-refractivity contribution in [1.82, 2.24) is 20.5 Å². The predicted octanol–water partition coefficient (Wildman–Crippen LogP) is 0.326. The molecule has 18 heavy (non-hydrogen) atoms. The third-order valence-corrected chi connectivity index (χ3v) is 3.61. The van der Waals surface area contributed by atoms with Gasteiger partial charge in [0.1, 0.15) is 5.82 Å². The van der Waals surface area contributed by atoms with Crippen molar-refractivity contribution in [3.8, 4) is 0 Å². The molecule has 0 aromatic carbocycles.